The normalized spacial score (nSPS) is 26.3. The zero-order valence-electron chi connectivity index (χ0n) is 9.88. The molecule has 0 atom stereocenters. The van der Waals surface area contributed by atoms with E-state index in [1.54, 1.807) is 0 Å². The van der Waals surface area contributed by atoms with E-state index in [0.29, 0.717) is 0 Å². The molecular formula is C12H22N2O. The number of amides is 1. The van der Waals surface area contributed by atoms with E-state index >= 15 is 0 Å². The zero-order chi connectivity index (χ0) is 10.9. The van der Waals surface area contributed by atoms with Crippen molar-refractivity contribution in [3.05, 3.63) is 0 Å². The predicted molar refractivity (Wildman–Crippen MR) is 60.6 cm³/mol. The quantitative estimate of drug-likeness (QED) is 0.760. The molecule has 0 aromatic rings. The lowest BCUT2D eigenvalue weighted by molar-refractivity contribution is -0.132. The van der Waals surface area contributed by atoms with Crippen LogP contribution in [0.15, 0.2) is 0 Å². The monoisotopic (exact) mass is 210 g/mol. The van der Waals surface area contributed by atoms with Crippen LogP contribution in [0.4, 0.5) is 0 Å². The Morgan fingerprint density at radius 2 is 2.00 bits per heavy atom. The van der Waals surface area contributed by atoms with Crippen molar-refractivity contribution in [2.75, 3.05) is 26.7 Å². The Kier molecular flexibility index (Phi) is 3.01. The minimum atomic E-state index is -0.110. The number of likely N-dealkylation sites (tertiary alicyclic amines) is 1. The molecule has 1 heterocycles. The molecule has 0 radical (unpaired) electrons. The van der Waals surface area contributed by atoms with E-state index < -0.39 is 0 Å². The van der Waals surface area contributed by atoms with Gasteiger partial charge in [0.05, 0.1) is 0 Å². The molecule has 86 valence electrons. The second-order valence-corrected chi connectivity index (χ2v) is 5.52. The van der Waals surface area contributed by atoms with Gasteiger partial charge < -0.3 is 10.2 Å². The molecule has 3 nitrogen and oxygen atoms in total. The van der Waals surface area contributed by atoms with Gasteiger partial charge in [-0.15, -0.1) is 0 Å². The van der Waals surface area contributed by atoms with E-state index in [0.717, 1.165) is 38.4 Å². The van der Waals surface area contributed by atoms with Gasteiger partial charge in [0, 0.05) is 12.0 Å². The maximum Gasteiger partial charge on any atom is 0.226 e. The Bertz CT molecular complexity index is 240. The molecule has 1 aliphatic carbocycles. The van der Waals surface area contributed by atoms with Crippen LogP contribution in [0.3, 0.4) is 0 Å². The van der Waals surface area contributed by atoms with Crippen LogP contribution in [0.1, 0.15) is 32.6 Å². The van der Waals surface area contributed by atoms with Crippen molar-refractivity contribution in [2.45, 2.75) is 32.6 Å². The second kappa shape index (κ2) is 4.12. The summed E-state index contributed by atoms with van der Waals surface area (Å²) in [5.41, 5.74) is -0.110. The van der Waals surface area contributed by atoms with Gasteiger partial charge in [-0.3, -0.25) is 4.79 Å². The summed E-state index contributed by atoms with van der Waals surface area (Å²) < 4.78 is 0. The van der Waals surface area contributed by atoms with Crippen molar-refractivity contribution < 1.29 is 4.79 Å². The molecule has 15 heavy (non-hydrogen) atoms. The maximum atomic E-state index is 12.0. The first-order valence-electron chi connectivity index (χ1n) is 6.07. The molecule has 1 N–H and O–H groups in total. The number of carbonyl (C=O) groups is 1. The summed E-state index contributed by atoms with van der Waals surface area (Å²) >= 11 is 0. The van der Waals surface area contributed by atoms with Gasteiger partial charge in [0.2, 0.25) is 5.91 Å². The Labute approximate surface area is 92.2 Å². The third-order valence-electron chi connectivity index (χ3n) is 3.89. The van der Waals surface area contributed by atoms with Crippen molar-refractivity contribution in [1.82, 2.24) is 10.2 Å². The van der Waals surface area contributed by atoms with Crippen molar-refractivity contribution in [3.8, 4) is 0 Å². The summed E-state index contributed by atoms with van der Waals surface area (Å²) in [7, 11) is 2.13. The first kappa shape index (κ1) is 10.9. The summed E-state index contributed by atoms with van der Waals surface area (Å²) in [6, 6.07) is 0. The van der Waals surface area contributed by atoms with E-state index in [1.165, 1.54) is 12.8 Å². The van der Waals surface area contributed by atoms with Gasteiger partial charge in [-0.2, -0.15) is 0 Å². The minimum Gasteiger partial charge on any atom is -0.355 e. The molecule has 3 heteroatoms. The lowest BCUT2D eigenvalue weighted by atomic mass is 9.79. The molecule has 0 aromatic heterocycles. The van der Waals surface area contributed by atoms with Crippen LogP contribution in [0.2, 0.25) is 0 Å². The number of hydrogen-bond donors (Lipinski definition) is 1. The molecule has 1 saturated carbocycles. The van der Waals surface area contributed by atoms with Gasteiger partial charge in [-0.05, 0) is 51.7 Å². The number of rotatable bonds is 3. The van der Waals surface area contributed by atoms with Gasteiger partial charge in [0.15, 0.2) is 0 Å². The van der Waals surface area contributed by atoms with Gasteiger partial charge in [-0.25, -0.2) is 0 Å². The fourth-order valence-electron chi connectivity index (χ4n) is 2.11. The van der Waals surface area contributed by atoms with Crippen LogP contribution in [-0.2, 0) is 4.79 Å². The van der Waals surface area contributed by atoms with Crippen molar-refractivity contribution >= 4 is 5.91 Å². The highest BCUT2D eigenvalue weighted by molar-refractivity contribution is 5.82. The van der Waals surface area contributed by atoms with Crippen LogP contribution in [-0.4, -0.2) is 37.5 Å². The number of hydrogen-bond acceptors (Lipinski definition) is 2. The average Bonchev–Trinajstić information content (AvgIpc) is 3.03. The molecule has 1 saturated heterocycles. The van der Waals surface area contributed by atoms with Gasteiger partial charge in [0.1, 0.15) is 0 Å². The Hall–Kier alpha value is -0.570. The molecular weight excluding hydrogens is 188 g/mol. The lowest BCUT2D eigenvalue weighted by Gasteiger charge is -2.36. The number of piperidine rings is 1. The Morgan fingerprint density at radius 3 is 2.53 bits per heavy atom. The second-order valence-electron chi connectivity index (χ2n) is 5.52. The Morgan fingerprint density at radius 1 is 1.40 bits per heavy atom. The summed E-state index contributed by atoms with van der Waals surface area (Å²) in [6.45, 7) is 5.12. The highest BCUT2D eigenvalue weighted by Crippen LogP contribution is 2.32. The fourth-order valence-corrected chi connectivity index (χ4v) is 2.11. The molecule has 0 bridgehead atoms. The average molecular weight is 210 g/mol. The van der Waals surface area contributed by atoms with Crippen LogP contribution in [0.5, 0.6) is 0 Å². The highest BCUT2D eigenvalue weighted by atomic mass is 16.2. The van der Waals surface area contributed by atoms with E-state index in [4.69, 9.17) is 0 Å². The third kappa shape index (κ3) is 2.71. The van der Waals surface area contributed by atoms with Crippen molar-refractivity contribution in [2.24, 2.45) is 11.3 Å². The van der Waals surface area contributed by atoms with Crippen molar-refractivity contribution in [3.63, 3.8) is 0 Å². The largest absolute Gasteiger partial charge is 0.355 e. The first-order valence-corrected chi connectivity index (χ1v) is 6.07. The summed E-state index contributed by atoms with van der Waals surface area (Å²) in [6.07, 6.45) is 4.61. The zero-order valence-corrected chi connectivity index (χ0v) is 9.88. The van der Waals surface area contributed by atoms with Crippen LogP contribution in [0.25, 0.3) is 0 Å². The molecule has 1 aliphatic heterocycles. The minimum absolute atomic E-state index is 0.110. The van der Waals surface area contributed by atoms with Gasteiger partial charge in [0.25, 0.3) is 0 Å². The summed E-state index contributed by atoms with van der Waals surface area (Å²) in [4.78, 5) is 14.3. The predicted octanol–water partition coefficient (Wildman–Crippen LogP) is 1.24. The molecule has 2 rings (SSSR count). The van der Waals surface area contributed by atoms with Crippen LogP contribution in [0, 0.1) is 11.3 Å². The smallest absolute Gasteiger partial charge is 0.226 e. The summed E-state index contributed by atoms with van der Waals surface area (Å²) in [5.74, 6) is 1.06. The molecule has 0 unspecified atom stereocenters. The van der Waals surface area contributed by atoms with Crippen molar-refractivity contribution in [1.29, 1.82) is 0 Å². The molecule has 2 aliphatic rings. The van der Waals surface area contributed by atoms with Gasteiger partial charge in [-0.1, -0.05) is 6.92 Å². The topological polar surface area (TPSA) is 32.3 Å². The molecule has 2 fully saturated rings. The van der Waals surface area contributed by atoms with E-state index in [9.17, 15) is 4.79 Å². The standard InChI is InChI=1S/C12H22N2O/c1-12(5-7-14(2)8-6-12)11(15)13-9-10-3-4-10/h10H,3-9H2,1-2H3,(H,13,15). The lowest BCUT2D eigenvalue weighted by Crippen LogP contribution is -2.46. The molecule has 0 spiro atoms. The Balaban J connectivity index is 1.81. The van der Waals surface area contributed by atoms with Gasteiger partial charge >= 0.3 is 0 Å². The maximum absolute atomic E-state index is 12.0. The van der Waals surface area contributed by atoms with Crippen LogP contribution < -0.4 is 5.32 Å². The van der Waals surface area contributed by atoms with E-state index in [1.807, 2.05) is 0 Å². The van der Waals surface area contributed by atoms with Crippen LogP contribution >= 0.6 is 0 Å². The first-order chi connectivity index (χ1) is 7.10. The number of carbonyl (C=O) groups excluding carboxylic acids is 1. The number of nitrogens with zero attached hydrogens (tertiary/aromatic N) is 1. The molecule has 1 amide bonds. The summed E-state index contributed by atoms with van der Waals surface area (Å²) in [5, 5.41) is 3.11. The highest BCUT2D eigenvalue weighted by Gasteiger charge is 2.36. The fraction of sp³-hybridized carbons (Fsp3) is 0.917. The third-order valence-corrected chi connectivity index (χ3v) is 3.89. The number of nitrogens with one attached hydrogen (secondary N) is 1. The van der Waals surface area contributed by atoms with E-state index in [2.05, 4.69) is 24.2 Å². The molecule has 0 aromatic carbocycles. The SMILES string of the molecule is CN1CCC(C)(C(=O)NCC2CC2)CC1. The van der Waals surface area contributed by atoms with E-state index in [-0.39, 0.29) is 11.3 Å².